The molecule has 0 bridgehead atoms. The van der Waals surface area contributed by atoms with Gasteiger partial charge in [-0.25, -0.2) is 4.99 Å². The molecule has 2 aromatic rings. The Hall–Kier alpha value is -2.08. The van der Waals surface area contributed by atoms with E-state index in [4.69, 9.17) is 9.26 Å². The lowest BCUT2D eigenvalue weighted by Crippen LogP contribution is -2.15. The monoisotopic (exact) mass is 345 g/mol. The van der Waals surface area contributed by atoms with Crippen LogP contribution in [0.15, 0.2) is 27.7 Å². The number of amidine groups is 1. The molecule has 1 aromatic heterocycles. The number of nitrogens with zero attached hydrogens (tertiary/aromatic N) is 2. The summed E-state index contributed by atoms with van der Waals surface area (Å²) in [6, 6.07) is 6.23. The van der Waals surface area contributed by atoms with Gasteiger partial charge in [-0.05, 0) is 56.7 Å². The molecule has 2 heterocycles. The average molecular weight is 345 g/mol. The third-order valence-corrected chi connectivity index (χ3v) is 4.76. The second kappa shape index (κ2) is 7.21. The van der Waals surface area contributed by atoms with Crippen LogP contribution in [-0.2, 0) is 6.42 Å². The number of ether oxygens (including phenoxy) is 1. The number of benzene rings is 1. The maximum Gasteiger partial charge on any atom is 0.143 e. The number of rotatable bonds is 6. The van der Waals surface area contributed by atoms with Crippen LogP contribution in [-0.4, -0.2) is 29.3 Å². The minimum absolute atomic E-state index is 0.0314. The van der Waals surface area contributed by atoms with Crippen LogP contribution in [0.1, 0.15) is 34.6 Å². The molecule has 5 nitrogen and oxygen atoms in total. The molecule has 1 aliphatic rings. The van der Waals surface area contributed by atoms with E-state index in [0.29, 0.717) is 6.61 Å². The summed E-state index contributed by atoms with van der Waals surface area (Å²) in [5, 5.41) is 3.90. The quantitative estimate of drug-likeness (QED) is 0.643. The lowest BCUT2D eigenvalue weighted by atomic mass is 10.0. The highest BCUT2D eigenvalue weighted by molar-refractivity contribution is 8.13. The largest absolute Gasteiger partial charge is 0.493 e. The predicted octanol–water partition coefficient (Wildman–Crippen LogP) is 3.53. The van der Waals surface area contributed by atoms with Gasteiger partial charge in [-0.15, -0.1) is 0 Å². The minimum Gasteiger partial charge on any atom is -0.493 e. The van der Waals surface area contributed by atoms with Crippen LogP contribution in [0.2, 0.25) is 0 Å². The summed E-state index contributed by atoms with van der Waals surface area (Å²) in [5.74, 6) is 2.82. The summed E-state index contributed by atoms with van der Waals surface area (Å²) in [4.78, 5) is 4.45. The Morgan fingerprint density at radius 3 is 2.50 bits per heavy atom. The minimum atomic E-state index is 0.0314. The van der Waals surface area contributed by atoms with Crippen LogP contribution in [0.3, 0.4) is 0 Å². The van der Waals surface area contributed by atoms with Crippen LogP contribution in [0.25, 0.3) is 0 Å². The first kappa shape index (κ1) is 16.8. The summed E-state index contributed by atoms with van der Waals surface area (Å²) < 4.78 is 14.6. The fourth-order valence-electron chi connectivity index (χ4n) is 2.74. The lowest BCUT2D eigenvalue weighted by molar-refractivity contribution is 0.296. The number of aromatic nitrogens is 1. The summed E-state index contributed by atoms with van der Waals surface area (Å²) in [6.07, 6.45) is 3.85. The number of aryl methyl sites for hydroxylation is 4. The first-order chi connectivity index (χ1) is 11.5. The molecule has 0 amide bonds. The molecule has 0 radical (unpaired) electrons. The number of aliphatic imine (C=N–C) groups is 1. The Balaban J connectivity index is 1.59. The SMILES string of the molecule is Cc1cc(CCCOc2c(C)cc(C3=NC=S(C)N3)cc2C)on1. The first-order valence-electron chi connectivity index (χ1n) is 8.02. The van der Waals surface area contributed by atoms with E-state index in [1.807, 2.05) is 18.5 Å². The summed E-state index contributed by atoms with van der Waals surface area (Å²) in [5.41, 5.74) is 6.25. The van der Waals surface area contributed by atoms with Gasteiger partial charge in [-0.2, -0.15) is 0 Å². The Morgan fingerprint density at radius 2 is 1.92 bits per heavy atom. The van der Waals surface area contributed by atoms with Crippen molar-refractivity contribution in [2.75, 3.05) is 12.9 Å². The molecule has 1 N–H and O–H groups in total. The molecule has 1 aromatic carbocycles. The smallest absolute Gasteiger partial charge is 0.143 e. The molecule has 0 spiro atoms. The standard InChI is InChI=1S/C18H23N3O2S/c1-12-8-15(18-19-11-24(4)21-18)9-13(2)17(12)22-7-5-6-16-10-14(3)20-23-16/h8-11H,5-7H2,1-4H3,(H,19,21). The summed E-state index contributed by atoms with van der Waals surface area (Å²) >= 11 is 0. The fourth-order valence-corrected chi connectivity index (χ4v) is 3.53. The lowest BCUT2D eigenvalue weighted by Gasteiger charge is -2.14. The van der Waals surface area contributed by atoms with Crippen molar-refractivity contribution in [3.63, 3.8) is 0 Å². The highest BCUT2D eigenvalue weighted by atomic mass is 32.2. The van der Waals surface area contributed by atoms with Gasteiger partial charge in [0.25, 0.3) is 0 Å². The molecule has 128 valence electrons. The zero-order valence-corrected chi connectivity index (χ0v) is 15.4. The van der Waals surface area contributed by atoms with Crippen LogP contribution >= 0.6 is 10.7 Å². The van der Waals surface area contributed by atoms with Gasteiger partial charge in [0.1, 0.15) is 17.3 Å². The van der Waals surface area contributed by atoms with Crippen molar-refractivity contribution in [3.8, 4) is 5.75 Å². The van der Waals surface area contributed by atoms with E-state index in [9.17, 15) is 0 Å². The van der Waals surface area contributed by atoms with Crippen molar-refractivity contribution in [2.24, 2.45) is 4.99 Å². The van der Waals surface area contributed by atoms with Gasteiger partial charge in [0.2, 0.25) is 0 Å². The van der Waals surface area contributed by atoms with E-state index in [1.165, 1.54) is 0 Å². The van der Waals surface area contributed by atoms with Crippen LogP contribution in [0, 0.1) is 20.8 Å². The van der Waals surface area contributed by atoms with Crippen LogP contribution < -0.4 is 9.46 Å². The van der Waals surface area contributed by atoms with E-state index in [1.54, 1.807) is 0 Å². The van der Waals surface area contributed by atoms with Crippen molar-refractivity contribution in [2.45, 2.75) is 33.6 Å². The van der Waals surface area contributed by atoms with Gasteiger partial charge in [0.15, 0.2) is 0 Å². The molecule has 1 atom stereocenters. The van der Waals surface area contributed by atoms with E-state index in [0.717, 1.165) is 52.6 Å². The van der Waals surface area contributed by atoms with Gasteiger partial charge in [-0.3, -0.25) is 0 Å². The van der Waals surface area contributed by atoms with Gasteiger partial charge >= 0.3 is 0 Å². The van der Waals surface area contributed by atoms with Crippen LogP contribution in [0.4, 0.5) is 0 Å². The second-order valence-corrected chi connectivity index (χ2v) is 7.60. The third kappa shape index (κ3) is 3.87. The molecule has 0 saturated carbocycles. The van der Waals surface area contributed by atoms with Crippen molar-refractivity contribution >= 4 is 22.0 Å². The van der Waals surface area contributed by atoms with Gasteiger partial charge in [0, 0.05) is 18.1 Å². The Morgan fingerprint density at radius 1 is 1.17 bits per heavy atom. The van der Waals surface area contributed by atoms with E-state index in [-0.39, 0.29) is 10.7 Å². The Kier molecular flexibility index (Phi) is 5.04. The van der Waals surface area contributed by atoms with Crippen molar-refractivity contribution < 1.29 is 9.26 Å². The van der Waals surface area contributed by atoms with Crippen molar-refractivity contribution in [3.05, 3.63) is 46.3 Å². The third-order valence-electron chi connectivity index (χ3n) is 3.82. The first-order valence-corrected chi connectivity index (χ1v) is 9.71. The highest BCUT2D eigenvalue weighted by Crippen LogP contribution is 2.26. The van der Waals surface area contributed by atoms with Crippen molar-refractivity contribution in [1.29, 1.82) is 0 Å². The van der Waals surface area contributed by atoms with Gasteiger partial charge in [0.05, 0.1) is 17.8 Å². The van der Waals surface area contributed by atoms with Crippen LogP contribution in [0.5, 0.6) is 5.75 Å². The van der Waals surface area contributed by atoms with Gasteiger partial charge < -0.3 is 14.0 Å². The maximum absolute atomic E-state index is 6.01. The number of nitrogens with one attached hydrogen (secondary N) is 1. The molecule has 3 rings (SSSR count). The zero-order valence-electron chi connectivity index (χ0n) is 14.5. The molecular formula is C18H23N3O2S. The summed E-state index contributed by atoms with van der Waals surface area (Å²) in [7, 11) is 0.0314. The fraction of sp³-hybridized carbons (Fsp3) is 0.389. The Labute approximate surface area is 145 Å². The van der Waals surface area contributed by atoms with E-state index < -0.39 is 0 Å². The molecule has 0 aliphatic carbocycles. The molecule has 6 heteroatoms. The van der Waals surface area contributed by atoms with Gasteiger partial charge in [-0.1, -0.05) is 15.8 Å². The maximum atomic E-state index is 6.01. The second-order valence-electron chi connectivity index (χ2n) is 6.07. The molecule has 1 unspecified atom stereocenters. The molecule has 0 fully saturated rings. The number of hydrogen-bond donors (Lipinski definition) is 1. The molecule has 1 aliphatic heterocycles. The Bertz CT molecular complexity index is 785. The number of hydrogen-bond acceptors (Lipinski definition) is 5. The molecule has 0 saturated heterocycles. The normalized spacial score (nSPS) is 16.5. The molecular weight excluding hydrogens is 322 g/mol. The van der Waals surface area contributed by atoms with Crippen molar-refractivity contribution in [1.82, 2.24) is 9.88 Å². The van der Waals surface area contributed by atoms with E-state index in [2.05, 4.69) is 47.1 Å². The van der Waals surface area contributed by atoms with E-state index >= 15 is 0 Å². The zero-order chi connectivity index (χ0) is 17.1. The molecule has 24 heavy (non-hydrogen) atoms. The summed E-state index contributed by atoms with van der Waals surface area (Å²) in [6.45, 7) is 6.75. The topological polar surface area (TPSA) is 59.6 Å². The predicted molar refractivity (Wildman–Crippen MR) is 100 cm³/mol. The highest BCUT2D eigenvalue weighted by Gasteiger charge is 2.13. The average Bonchev–Trinajstić information content (AvgIpc) is 3.14.